The molecule has 3 rings (SSSR count). The number of nitrogens with one attached hydrogen (secondary N) is 1. The monoisotopic (exact) mass is 290 g/mol. The molecule has 1 aliphatic carbocycles. The van der Waals surface area contributed by atoms with Gasteiger partial charge in [0.05, 0.1) is 12.1 Å². The number of carbonyl (C=O) groups excluding carboxylic acids is 1. The highest BCUT2D eigenvalue weighted by atomic mass is 35.5. The minimum atomic E-state index is -0.0538. The highest BCUT2D eigenvalue weighted by Crippen LogP contribution is 2.34. The molecule has 1 unspecified atom stereocenters. The van der Waals surface area contributed by atoms with Crippen molar-refractivity contribution in [2.75, 3.05) is 13.1 Å². The zero-order chi connectivity index (χ0) is 14.1. The van der Waals surface area contributed by atoms with E-state index < -0.39 is 0 Å². The zero-order valence-electron chi connectivity index (χ0n) is 10.9. The molecule has 0 amide bonds. The lowest BCUT2D eigenvalue weighted by atomic mass is 9.82. The topological polar surface area (TPSA) is 61.7 Å². The molecule has 2 N–H and O–H groups in total. The number of amidine groups is 1. The fourth-order valence-electron chi connectivity index (χ4n) is 2.70. The number of hydrogen-bond donors (Lipinski definition) is 2. The van der Waals surface area contributed by atoms with Crippen molar-refractivity contribution in [2.24, 2.45) is 4.99 Å². The predicted octanol–water partition coefficient (Wildman–Crippen LogP) is 2.60. The summed E-state index contributed by atoms with van der Waals surface area (Å²) in [5, 5.41) is 13.9. The first-order chi connectivity index (χ1) is 9.65. The Bertz CT molecular complexity index is 605. The van der Waals surface area contributed by atoms with Gasteiger partial charge in [-0.05, 0) is 23.6 Å². The molecule has 1 aromatic carbocycles. The van der Waals surface area contributed by atoms with Crippen LogP contribution in [0.25, 0.3) is 0 Å². The van der Waals surface area contributed by atoms with Crippen molar-refractivity contribution in [1.29, 1.82) is 0 Å². The Hall–Kier alpha value is -1.81. The van der Waals surface area contributed by atoms with Crippen LogP contribution in [0, 0.1) is 0 Å². The number of aliphatic imine (C=N–C) groups is 1. The van der Waals surface area contributed by atoms with Gasteiger partial charge in [0, 0.05) is 24.4 Å². The summed E-state index contributed by atoms with van der Waals surface area (Å²) in [6, 6.07) is 7.42. The molecule has 104 valence electrons. The Morgan fingerprint density at radius 3 is 2.60 bits per heavy atom. The average Bonchev–Trinajstić information content (AvgIpc) is 2.92. The van der Waals surface area contributed by atoms with Crippen LogP contribution in [0.3, 0.4) is 0 Å². The number of Topliss-reactive ketones (excluding diaryl/α,β-unsaturated/α-hetero) is 1. The summed E-state index contributed by atoms with van der Waals surface area (Å²) < 4.78 is 0. The molecule has 0 radical (unpaired) electrons. The number of aliphatic hydroxyl groups excluding tert-OH is 1. The molecule has 0 bridgehead atoms. The molecule has 0 spiro atoms. The van der Waals surface area contributed by atoms with Crippen molar-refractivity contribution in [3.63, 3.8) is 0 Å². The van der Waals surface area contributed by atoms with E-state index in [9.17, 15) is 9.90 Å². The number of hydrogen-bond acceptors (Lipinski definition) is 4. The van der Waals surface area contributed by atoms with Crippen molar-refractivity contribution < 1.29 is 9.90 Å². The van der Waals surface area contributed by atoms with E-state index >= 15 is 0 Å². The van der Waals surface area contributed by atoms with Gasteiger partial charge in [0.2, 0.25) is 0 Å². The standard InChI is InChI=1S/C15H15ClN2O2/c16-11-3-1-9(2-4-11)10-7-12(19)14(13(20)8-10)15-17-5-6-18-15/h1-4,10,19H,5-8H2,(H,17,18). The number of rotatable bonds is 2. The van der Waals surface area contributed by atoms with E-state index in [0.29, 0.717) is 35.8 Å². The molecule has 20 heavy (non-hydrogen) atoms. The maximum Gasteiger partial charge on any atom is 0.170 e. The summed E-state index contributed by atoms with van der Waals surface area (Å²) in [6.07, 6.45) is 0.852. The minimum absolute atomic E-state index is 0.00511. The van der Waals surface area contributed by atoms with Crippen LogP contribution >= 0.6 is 11.6 Å². The van der Waals surface area contributed by atoms with Gasteiger partial charge in [-0.1, -0.05) is 23.7 Å². The lowest BCUT2D eigenvalue weighted by molar-refractivity contribution is -0.116. The molecule has 0 saturated carbocycles. The average molecular weight is 291 g/mol. The molecule has 0 fully saturated rings. The van der Waals surface area contributed by atoms with Gasteiger partial charge in [0.15, 0.2) is 5.78 Å². The number of allylic oxidation sites excluding steroid dienone is 1. The summed E-state index contributed by atoms with van der Waals surface area (Å²) in [6.45, 7) is 1.38. The van der Waals surface area contributed by atoms with E-state index in [1.165, 1.54) is 0 Å². The van der Waals surface area contributed by atoms with Gasteiger partial charge in [0.1, 0.15) is 11.6 Å². The molecule has 1 aliphatic heterocycles. The Labute approximate surface area is 122 Å². The molecule has 0 saturated heterocycles. The summed E-state index contributed by atoms with van der Waals surface area (Å²) >= 11 is 5.87. The lowest BCUT2D eigenvalue weighted by Gasteiger charge is -2.23. The van der Waals surface area contributed by atoms with Crippen molar-refractivity contribution in [3.05, 3.63) is 46.2 Å². The first kappa shape index (κ1) is 13.2. The van der Waals surface area contributed by atoms with Crippen LogP contribution in [0.1, 0.15) is 24.3 Å². The van der Waals surface area contributed by atoms with Crippen LogP contribution in [0.2, 0.25) is 5.02 Å². The van der Waals surface area contributed by atoms with Crippen LogP contribution in [0.4, 0.5) is 0 Å². The number of ketones is 1. The van der Waals surface area contributed by atoms with Crippen LogP contribution in [-0.2, 0) is 4.79 Å². The molecule has 1 atom stereocenters. The highest BCUT2D eigenvalue weighted by Gasteiger charge is 2.32. The van der Waals surface area contributed by atoms with E-state index in [1.54, 1.807) is 12.1 Å². The fourth-order valence-corrected chi connectivity index (χ4v) is 2.83. The first-order valence-electron chi connectivity index (χ1n) is 6.64. The van der Waals surface area contributed by atoms with Crippen LogP contribution < -0.4 is 5.32 Å². The third kappa shape index (κ3) is 2.43. The Morgan fingerprint density at radius 1 is 1.25 bits per heavy atom. The van der Waals surface area contributed by atoms with E-state index in [1.807, 2.05) is 12.1 Å². The van der Waals surface area contributed by atoms with Gasteiger partial charge in [-0.15, -0.1) is 0 Å². The Morgan fingerprint density at radius 2 is 2.00 bits per heavy atom. The fraction of sp³-hybridized carbons (Fsp3) is 0.333. The summed E-state index contributed by atoms with van der Waals surface area (Å²) in [7, 11) is 0. The van der Waals surface area contributed by atoms with Crippen molar-refractivity contribution in [2.45, 2.75) is 18.8 Å². The smallest absolute Gasteiger partial charge is 0.170 e. The van der Waals surface area contributed by atoms with Gasteiger partial charge in [-0.25, -0.2) is 0 Å². The van der Waals surface area contributed by atoms with E-state index in [4.69, 9.17) is 11.6 Å². The zero-order valence-corrected chi connectivity index (χ0v) is 11.7. The maximum absolute atomic E-state index is 12.3. The number of carbonyl (C=O) groups is 1. The molecule has 2 aliphatic rings. The van der Waals surface area contributed by atoms with Crippen molar-refractivity contribution >= 4 is 23.2 Å². The largest absolute Gasteiger partial charge is 0.511 e. The third-order valence-corrected chi connectivity index (χ3v) is 3.94. The van der Waals surface area contributed by atoms with E-state index in [-0.39, 0.29) is 17.5 Å². The minimum Gasteiger partial charge on any atom is -0.511 e. The van der Waals surface area contributed by atoms with Gasteiger partial charge < -0.3 is 10.4 Å². The number of halogens is 1. The maximum atomic E-state index is 12.3. The molecule has 1 aromatic rings. The van der Waals surface area contributed by atoms with Gasteiger partial charge in [-0.2, -0.15) is 0 Å². The second-order valence-corrected chi connectivity index (χ2v) is 5.50. The molecule has 4 nitrogen and oxygen atoms in total. The molecular formula is C15H15ClN2O2. The number of aliphatic hydroxyl groups is 1. The van der Waals surface area contributed by atoms with Gasteiger partial charge in [0.25, 0.3) is 0 Å². The van der Waals surface area contributed by atoms with E-state index in [0.717, 1.165) is 12.1 Å². The molecule has 5 heteroatoms. The number of nitrogens with zero attached hydrogens (tertiary/aromatic N) is 1. The molecule has 0 aromatic heterocycles. The normalized spacial score (nSPS) is 22.8. The van der Waals surface area contributed by atoms with Crippen LogP contribution in [-0.4, -0.2) is 29.8 Å². The second kappa shape index (κ2) is 5.29. The quantitative estimate of drug-likeness (QED) is 0.880. The summed E-state index contributed by atoms with van der Waals surface area (Å²) in [5.74, 6) is 0.628. The Kier molecular flexibility index (Phi) is 3.49. The van der Waals surface area contributed by atoms with Crippen molar-refractivity contribution in [1.82, 2.24) is 5.32 Å². The number of benzene rings is 1. The second-order valence-electron chi connectivity index (χ2n) is 5.06. The highest BCUT2D eigenvalue weighted by molar-refractivity contribution is 6.30. The Balaban J connectivity index is 1.87. The SMILES string of the molecule is O=C1CC(c2ccc(Cl)cc2)CC(O)=C1C1=NCCN1. The van der Waals surface area contributed by atoms with Gasteiger partial charge in [-0.3, -0.25) is 9.79 Å². The predicted molar refractivity (Wildman–Crippen MR) is 78.4 cm³/mol. The van der Waals surface area contributed by atoms with E-state index in [2.05, 4.69) is 10.3 Å². The van der Waals surface area contributed by atoms with Crippen molar-refractivity contribution in [3.8, 4) is 0 Å². The first-order valence-corrected chi connectivity index (χ1v) is 7.02. The van der Waals surface area contributed by atoms with Crippen LogP contribution in [0.5, 0.6) is 0 Å². The van der Waals surface area contributed by atoms with Crippen LogP contribution in [0.15, 0.2) is 40.6 Å². The lowest BCUT2D eigenvalue weighted by Crippen LogP contribution is -2.30. The molecule has 1 heterocycles. The van der Waals surface area contributed by atoms with Gasteiger partial charge >= 0.3 is 0 Å². The summed E-state index contributed by atoms with van der Waals surface area (Å²) in [4.78, 5) is 16.5. The third-order valence-electron chi connectivity index (χ3n) is 3.69. The summed E-state index contributed by atoms with van der Waals surface area (Å²) in [5.41, 5.74) is 1.39. The molecular weight excluding hydrogens is 276 g/mol.